The lowest BCUT2D eigenvalue weighted by Crippen LogP contribution is -2.43. The maximum atomic E-state index is 12.6. The fraction of sp³-hybridized carbons (Fsp3) is 0.444. The monoisotopic (exact) mass is 258 g/mol. The molecule has 1 heterocycles. The van der Waals surface area contributed by atoms with Crippen LogP contribution in [0.3, 0.4) is 0 Å². The Bertz CT molecular complexity index is 407. The number of furan rings is 1. The quantitative estimate of drug-likeness (QED) is 0.615. The number of rotatable bonds is 4. The van der Waals surface area contributed by atoms with Crippen molar-refractivity contribution < 1.29 is 35.9 Å². The van der Waals surface area contributed by atoms with Crippen molar-refractivity contribution in [3.05, 3.63) is 23.7 Å². The third-order valence-electron chi connectivity index (χ3n) is 1.81. The predicted octanol–water partition coefficient (Wildman–Crippen LogP) is 2.81. The molecule has 0 atom stereocenters. The first kappa shape index (κ1) is 13.6. The molecule has 0 bridgehead atoms. The van der Waals surface area contributed by atoms with Gasteiger partial charge in [0.25, 0.3) is 5.78 Å². The van der Waals surface area contributed by atoms with Crippen molar-refractivity contribution in [3.63, 3.8) is 0 Å². The highest BCUT2D eigenvalue weighted by Crippen LogP contribution is 2.38. The molecule has 17 heavy (non-hydrogen) atoms. The van der Waals surface area contributed by atoms with Crippen LogP contribution in [0.4, 0.5) is 22.0 Å². The predicted molar refractivity (Wildman–Crippen MR) is 44.8 cm³/mol. The van der Waals surface area contributed by atoms with Gasteiger partial charge in [0, 0.05) is 7.11 Å². The molecule has 96 valence electrons. The van der Waals surface area contributed by atoms with Crippen molar-refractivity contribution in [2.24, 2.45) is 0 Å². The van der Waals surface area contributed by atoms with Gasteiger partial charge in [-0.15, -0.1) is 0 Å². The van der Waals surface area contributed by atoms with E-state index in [0.717, 1.165) is 12.1 Å². The summed E-state index contributed by atoms with van der Waals surface area (Å²) in [6.45, 7) is -0.134. The van der Waals surface area contributed by atoms with Crippen LogP contribution in [0.1, 0.15) is 16.3 Å². The van der Waals surface area contributed by atoms with Gasteiger partial charge < -0.3 is 9.15 Å². The number of hydrogen-bond acceptors (Lipinski definition) is 3. The van der Waals surface area contributed by atoms with Crippen LogP contribution in [0.25, 0.3) is 0 Å². The molecule has 1 rings (SSSR count). The Morgan fingerprint density at radius 2 is 1.88 bits per heavy atom. The van der Waals surface area contributed by atoms with Gasteiger partial charge in [0.05, 0.1) is 0 Å². The first-order valence-electron chi connectivity index (χ1n) is 4.27. The van der Waals surface area contributed by atoms with Crippen LogP contribution in [-0.2, 0) is 11.3 Å². The lowest BCUT2D eigenvalue weighted by atomic mass is 10.1. The van der Waals surface area contributed by atoms with Gasteiger partial charge in [0.2, 0.25) is 0 Å². The average molecular weight is 258 g/mol. The molecule has 0 aliphatic carbocycles. The molecule has 0 aromatic carbocycles. The summed E-state index contributed by atoms with van der Waals surface area (Å²) in [6.07, 6.45) is -5.95. The number of halogens is 5. The molecule has 3 nitrogen and oxygen atoms in total. The fourth-order valence-corrected chi connectivity index (χ4v) is 1.00. The molecule has 8 heteroatoms. The van der Waals surface area contributed by atoms with E-state index >= 15 is 0 Å². The lowest BCUT2D eigenvalue weighted by Gasteiger charge is -2.16. The summed E-state index contributed by atoms with van der Waals surface area (Å²) in [4.78, 5) is 10.9. The van der Waals surface area contributed by atoms with E-state index < -0.39 is 23.6 Å². The van der Waals surface area contributed by atoms with Gasteiger partial charge in [-0.25, -0.2) is 0 Å². The Morgan fingerprint density at radius 1 is 1.29 bits per heavy atom. The molecule has 0 spiro atoms. The van der Waals surface area contributed by atoms with Gasteiger partial charge in [-0.3, -0.25) is 4.79 Å². The van der Waals surface area contributed by atoms with Crippen molar-refractivity contribution in [1.29, 1.82) is 0 Å². The second kappa shape index (κ2) is 4.44. The summed E-state index contributed by atoms with van der Waals surface area (Å²) in [7, 11) is 1.27. The van der Waals surface area contributed by atoms with E-state index in [9.17, 15) is 26.7 Å². The van der Waals surface area contributed by atoms with Crippen molar-refractivity contribution in [1.82, 2.24) is 0 Å². The van der Waals surface area contributed by atoms with Gasteiger partial charge in [0.1, 0.15) is 12.4 Å². The number of Topliss-reactive ketones (excluding diaryl/α,β-unsaturated/α-hetero) is 1. The Kier molecular flexibility index (Phi) is 3.56. The van der Waals surface area contributed by atoms with E-state index in [0.29, 0.717) is 0 Å². The maximum absolute atomic E-state index is 12.6. The molecule has 0 fully saturated rings. The number of alkyl halides is 5. The average Bonchev–Trinajstić information content (AvgIpc) is 2.64. The molecule has 0 aliphatic rings. The topological polar surface area (TPSA) is 39.4 Å². The van der Waals surface area contributed by atoms with Gasteiger partial charge in [-0.05, 0) is 12.1 Å². The third-order valence-corrected chi connectivity index (χ3v) is 1.81. The highest BCUT2D eigenvalue weighted by atomic mass is 19.4. The molecule has 1 aromatic heterocycles. The van der Waals surface area contributed by atoms with Crippen LogP contribution in [0.5, 0.6) is 0 Å². The molecular formula is C9H7F5O3. The molecule has 0 saturated heterocycles. The number of ketones is 1. The highest BCUT2D eigenvalue weighted by Gasteiger charge is 2.64. The summed E-state index contributed by atoms with van der Waals surface area (Å²) in [5.41, 5.74) is 0. The summed E-state index contributed by atoms with van der Waals surface area (Å²) >= 11 is 0. The minimum absolute atomic E-state index is 0.0196. The van der Waals surface area contributed by atoms with E-state index in [2.05, 4.69) is 9.15 Å². The zero-order valence-corrected chi connectivity index (χ0v) is 8.48. The van der Waals surface area contributed by atoms with Crippen LogP contribution < -0.4 is 0 Å². The van der Waals surface area contributed by atoms with Gasteiger partial charge in [-0.2, -0.15) is 22.0 Å². The highest BCUT2D eigenvalue weighted by molar-refractivity contribution is 5.99. The minimum atomic E-state index is -5.95. The maximum Gasteiger partial charge on any atom is 0.461 e. The Balaban J connectivity index is 2.96. The largest absolute Gasteiger partial charge is 0.461 e. The van der Waals surface area contributed by atoms with Gasteiger partial charge in [-0.1, -0.05) is 0 Å². The summed E-state index contributed by atoms with van der Waals surface area (Å²) < 4.78 is 70.0. The van der Waals surface area contributed by atoms with Gasteiger partial charge >= 0.3 is 12.1 Å². The van der Waals surface area contributed by atoms with Crippen LogP contribution in [-0.4, -0.2) is 25.0 Å². The first-order chi connectivity index (χ1) is 7.70. The number of ether oxygens (including phenoxy) is 1. The second-order valence-corrected chi connectivity index (χ2v) is 3.10. The minimum Gasteiger partial charge on any atom is -0.455 e. The zero-order chi connectivity index (χ0) is 13.3. The zero-order valence-electron chi connectivity index (χ0n) is 8.48. The molecule has 0 amide bonds. The van der Waals surface area contributed by atoms with Crippen LogP contribution in [0.2, 0.25) is 0 Å². The number of carbonyl (C=O) groups is 1. The van der Waals surface area contributed by atoms with E-state index in [4.69, 9.17) is 0 Å². The normalized spacial score (nSPS) is 12.8. The number of carbonyl (C=O) groups excluding carboxylic acids is 1. The summed E-state index contributed by atoms with van der Waals surface area (Å²) in [6, 6.07) is 1.83. The molecule has 0 unspecified atom stereocenters. The van der Waals surface area contributed by atoms with Crippen LogP contribution in [0.15, 0.2) is 16.5 Å². The third kappa shape index (κ3) is 2.63. The van der Waals surface area contributed by atoms with E-state index in [1.165, 1.54) is 7.11 Å². The standard InChI is InChI=1S/C9H7F5O3/c1-16-4-5-2-3-6(17-5)7(15)8(10,11)9(12,13)14/h2-3H,4H2,1H3. The van der Waals surface area contributed by atoms with Crippen molar-refractivity contribution >= 4 is 5.78 Å². The molecule has 0 saturated carbocycles. The molecule has 0 aliphatic heterocycles. The van der Waals surface area contributed by atoms with E-state index in [-0.39, 0.29) is 12.4 Å². The fourth-order valence-electron chi connectivity index (χ4n) is 1.00. The second-order valence-electron chi connectivity index (χ2n) is 3.10. The van der Waals surface area contributed by atoms with E-state index in [1.807, 2.05) is 0 Å². The van der Waals surface area contributed by atoms with Crippen LogP contribution in [0, 0.1) is 0 Å². The molecular weight excluding hydrogens is 251 g/mol. The lowest BCUT2D eigenvalue weighted by molar-refractivity contribution is -0.256. The van der Waals surface area contributed by atoms with E-state index in [1.54, 1.807) is 0 Å². The number of hydrogen-bond donors (Lipinski definition) is 0. The Hall–Kier alpha value is -1.44. The van der Waals surface area contributed by atoms with Crippen molar-refractivity contribution in [3.8, 4) is 0 Å². The smallest absolute Gasteiger partial charge is 0.455 e. The van der Waals surface area contributed by atoms with Crippen molar-refractivity contribution in [2.45, 2.75) is 18.7 Å². The van der Waals surface area contributed by atoms with Crippen molar-refractivity contribution in [2.75, 3.05) is 7.11 Å². The summed E-state index contributed by atoms with van der Waals surface area (Å²) in [5.74, 6) is -8.96. The number of methoxy groups -OCH3 is 1. The van der Waals surface area contributed by atoms with Crippen LogP contribution >= 0.6 is 0 Å². The Morgan fingerprint density at radius 3 is 2.35 bits per heavy atom. The Labute approximate surface area is 92.2 Å². The SMILES string of the molecule is COCc1ccc(C(=O)C(F)(F)C(F)(F)F)o1. The molecule has 0 radical (unpaired) electrons. The molecule has 1 aromatic rings. The molecule has 0 N–H and O–H groups in total. The first-order valence-corrected chi connectivity index (χ1v) is 4.27. The summed E-state index contributed by atoms with van der Waals surface area (Å²) in [5, 5.41) is 0. The van der Waals surface area contributed by atoms with Gasteiger partial charge in [0.15, 0.2) is 5.76 Å².